The maximum Gasteiger partial charge on any atom is 0.317 e. The highest BCUT2D eigenvalue weighted by molar-refractivity contribution is 7.08. The molecular formula is C20H29N5O2S. The lowest BCUT2D eigenvalue weighted by Gasteiger charge is -2.24. The Labute approximate surface area is 170 Å². The summed E-state index contributed by atoms with van der Waals surface area (Å²) in [5.74, 6) is -0.0678. The molecule has 2 aromatic heterocycles. The number of pyridine rings is 1. The van der Waals surface area contributed by atoms with Gasteiger partial charge in [0.1, 0.15) is 5.69 Å². The van der Waals surface area contributed by atoms with Crippen LogP contribution in [0.5, 0.6) is 0 Å². The average Bonchev–Trinajstić information content (AvgIpc) is 3.08. The summed E-state index contributed by atoms with van der Waals surface area (Å²) in [5.41, 5.74) is 8.62. The average molecular weight is 404 g/mol. The molecule has 0 aromatic carbocycles. The van der Waals surface area contributed by atoms with E-state index in [4.69, 9.17) is 5.73 Å². The number of nitrogens with two attached hydrogens (primary N) is 1. The van der Waals surface area contributed by atoms with Crippen molar-refractivity contribution in [2.75, 3.05) is 39.5 Å². The Morgan fingerprint density at radius 1 is 1.21 bits per heavy atom. The van der Waals surface area contributed by atoms with Crippen LogP contribution in [-0.2, 0) is 13.0 Å². The van der Waals surface area contributed by atoms with E-state index in [1.807, 2.05) is 42.7 Å². The largest absolute Gasteiger partial charge is 0.398 e. The van der Waals surface area contributed by atoms with Gasteiger partial charge in [-0.15, -0.1) is 11.3 Å². The minimum Gasteiger partial charge on any atom is -0.398 e. The number of rotatable bonds is 10. The van der Waals surface area contributed by atoms with E-state index in [2.05, 4.69) is 10.3 Å². The van der Waals surface area contributed by atoms with Crippen LogP contribution in [0.4, 0.5) is 10.5 Å². The van der Waals surface area contributed by atoms with Gasteiger partial charge in [-0.2, -0.15) is 0 Å². The number of anilines is 1. The molecule has 152 valence electrons. The van der Waals surface area contributed by atoms with E-state index in [0.29, 0.717) is 31.0 Å². The maximum absolute atomic E-state index is 12.4. The van der Waals surface area contributed by atoms with Crippen molar-refractivity contribution in [2.24, 2.45) is 0 Å². The fourth-order valence-electron chi connectivity index (χ4n) is 2.56. The van der Waals surface area contributed by atoms with E-state index in [1.54, 1.807) is 17.2 Å². The first-order chi connectivity index (χ1) is 13.4. The van der Waals surface area contributed by atoms with Crippen molar-refractivity contribution in [1.29, 1.82) is 0 Å². The SMILES string of the molecule is CCCNC(=O)N(CCN(C)C)Cc1ccc(C(=O)Cc2cscc2N)nc1. The Hall–Kier alpha value is -2.45. The van der Waals surface area contributed by atoms with Crippen molar-refractivity contribution < 1.29 is 9.59 Å². The van der Waals surface area contributed by atoms with Crippen LogP contribution < -0.4 is 11.1 Å². The van der Waals surface area contributed by atoms with Gasteiger partial charge in [-0.05, 0) is 43.1 Å². The first-order valence-corrected chi connectivity index (χ1v) is 10.3. The Morgan fingerprint density at radius 2 is 2.00 bits per heavy atom. The number of Topliss-reactive ketones (excluding diaryl/α,β-unsaturated/α-hetero) is 1. The molecule has 7 nitrogen and oxygen atoms in total. The summed E-state index contributed by atoms with van der Waals surface area (Å²) in [4.78, 5) is 32.9. The van der Waals surface area contributed by atoms with E-state index in [0.717, 1.165) is 24.1 Å². The molecule has 0 saturated heterocycles. The standard InChI is InChI=1S/C20H29N5O2S/c1-4-7-22-20(27)25(9-8-24(2)3)12-15-5-6-18(23-11-15)19(26)10-16-13-28-14-17(16)21/h5-6,11,13-14H,4,7-10,12,21H2,1-3H3,(H,22,27). The molecule has 0 bridgehead atoms. The lowest BCUT2D eigenvalue weighted by molar-refractivity contribution is 0.0988. The van der Waals surface area contributed by atoms with Gasteiger partial charge in [0.05, 0.1) is 0 Å². The molecule has 2 amide bonds. The second-order valence-electron chi connectivity index (χ2n) is 6.96. The molecule has 0 radical (unpaired) electrons. The zero-order valence-corrected chi connectivity index (χ0v) is 17.6. The fourth-order valence-corrected chi connectivity index (χ4v) is 3.31. The van der Waals surface area contributed by atoms with Gasteiger partial charge < -0.3 is 20.9 Å². The number of nitrogens with zero attached hydrogens (tertiary/aromatic N) is 3. The first-order valence-electron chi connectivity index (χ1n) is 9.36. The summed E-state index contributed by atoms with van der Waals surface area (Å²) in [5, 5.41) is 6.63. The molecule has 0 unspecified atom stereocenters. The molecule has 8 heteroatoms. The number of ketones is 1. The molecule has 28 heavy (non-hydrogen) atoms. The number of hydrogen-bond donors (Lipinski definition) is 2. The van der Waals surface area contributed by atoms with Crippen LogP contribution in [0, 0.1) is 0 Å². The topological polar surface area (TPSA) is 91.6 Å². The van der Waals surface area contributed by atoms with Crippen LogP contribution in [0.1, 0.15) is 35.0 Å². The predicted molar refractivity (Wildman–Crippen MR) is 114 cm³/mol. The summed E-state index contributed by atoms with van der Waals surface area (Å²) in [6.07, 6.45) is 2.80. The number of nitrogen functional groups attached to an aromatic ring is 1. The van der Waals surface area contributed by atoms with E-state index < -0.39 is 0 Å². The third-order valence-electron chi connectivity index (χ3n) is 4.24. The van der Waals surface area contributed by atoms with E-state index in [-0.39, 0.29) is 18.2 Å². The number of carbonyl (C=O) groups excluding carboxylic acids is 2. The van der Waals surface area contributed by atoms with Gasteiger partial charge in [0.2, 0.25) is 0 Å². The van der Waals surface area contributed by atoms with Gasteiger partial charge in [-0.25, -0.2) is 4.79 Å². The summed E-state index contributed by atoms with van der Waals surface area (Å²) in [6, 6.07) is 3.48. The minimum absolute atomic E-state index is 0.0678. The number of likely N-dealkylation sites (N-methyl/N-ethyl adjacent to an activating group) is 1. The minimum atomic E-state index is -0.0863. The van der Waals surface area contributed by atoms with Crippen LogP contribution >= 0.6 is 11.3 Å². The van der Waals surface area contributed by atoms with Gasteiger partial charge in [-0.1, -0.05) is 13.0 Å². The number of nitrogens with one attached hydrogen (secondary N) is 1. The molecule has 3 N–H and O–H groups in total. The molecule has 0 aliphatic heterocycles. The highest BCUT2D eigenvalue weighted by atomic mass is 32.1. The molecule has 0 fully saturated rings. The van der Waals surface area contributed by atoms with Crippen molar-refractivity contribution in [1.82, 2.24) is 20.1 Å². The number of aromatic nitrogens is 1. The summed E-state index contributed by atoms with van der Waals surface area (Å²) in [6.45, 7) is 4.50. The predicted octanol–water partition coefficient (Wildman–Crippen LogP) is 2.63. The van der Waals surface area contributed by atoms with Crippen LogP contribution in [0.2, 0.25) is 0 Å². The molecule has 2 aromatic rings. The Morgan fingerprint density at radius 3 is 2.57 bits per heavy atom. The van der Waals surface area contributed by atoms with Crippen molar-refractivity contribution in [3.63, 3.8) is 0 Å². The van der Waals surface area contributed by atoms with Gasteiger partial charge in [0.15, 0.2) is 5.78 Å². The third-order valence-corrected chi connectivity index (χ3v) is 5.05. The fraction of sp³-hybridized carbons (Fsp3) is 0.450. The van der Waals surface area contributed by atoms with Crippen molar-refractivity contribution >= 4 is 28.8 Å². The highest BCUT2D eigenvalue weighted by Crippen LogP contribution is 2.19. The van der Waals surface area contributed by atoms with Crippen molar-refractivity contribution in [2.45, 2.75) is 26.3 Å². The normalized spacial score (nSPS) is 10.9. The van der Waals surface area contributed by atoms with Crippen molar-refractivity contribution in [3.05, 3.63) is 45.9 Å². The highest BCUT2D eigenvalue weighted by Gasteiger charge is 2.15. The smallest absolute Gasteiger partial charge is 0.317 e. The van der Waals surface area contributed by atoms with Gasteiger partial charge in [-0.3, -0.25) is 9.78 Å². The Balaban J connectivity index is 2.01. The molecule has 0 aliphatic rings. The zero-order chi connectivity index (χ0) is 20.5. The molecule has 0 saturated carbocycles. The van der Waals surface area contributed by atoms with Crippen LogP contribution in [0.15, 0.2) is 29.1 Å². The monoisotopic (exact) mass is 403 g/mol. The molecule has 2 heterocycles. The lowest BCUT2D eigenvalue weighted by Crippen LogP contribution is -2.42. The zero-order valence-electron chi connectivity index (χ0n) is 16.8. The summed E-state index contributed by atoms with van der Waals surface area (Å²) in [7, 11) is 3.95. The van der Waals surface area contributed by atoms with Crippen LogP contribution in [0.25, 0.3) is 0 Å². The van der Waals surface area contributed by atoms with E-state index in [1.165, 1.54) is 11.3 Å². The molecule has 0 spiro atoms. The second kappa shape index (κ2) is 10.8. The Bertz CT molecular complexity index is 773. The first kappa shape index (κ1) is 21.8. The Kier molecular flexibility index (Phi) is 8.41. The quantitative estimate of drug-likeness (QED) is 0.595. The van der Waals surface area contributed by atoms with Gasteiger partial charge >= 0.3 is 6.03 Å². The van der Waals surface area contributed by atoms with Gasteiger partial charge in [0.25, 0.3) is 0 Å². The molecular weight excluding hydrogens is 374 g/mol. The lowest BCUT2D eigenvalue weighted by atomic mass is 10.1. The third kappa shape index (κ3) is 6.61. The number of amides is 2. The van der Waals surface area contributed by atoms with Crippen LogP contribution in [0.3, 0.4) is 0 Å². The van der Waals surface area contributed by atoms with Crippen molar-refractivity contribution in [3.8, 4) is 0 Å². The van der Waals surface area contributed by atoms with E-state index >= 15 is 0 Å². The maximum atomic E-state index is 12.4. The number of hydrogen-bond acceptors (Lipinski definition) is 6. The summed E-state index contributed by atoms with van der Waals surface area (Å²) >= 11 is 1.48. The molecule has 0 atom stereocenters. The molecule has 0 aliphatic carbocycles. The van der Waals surface area contributed by atoms with Gasteiger partial charge in [0, 0.05) is 49.9 Å². The number of thiophene rings is 1. The second-order valence-corrected chi connectivity index (χ2v) is 7.70. The number of urea groups is 1. The van der Waals surface area contributed by atoms with Crippen LogP contribution in [-0.4, -0.2) is 60.3 Å². The van der Waals surface area contributed by atoms with E-state index in [9.17, 15) is 9.59 Å². The summed E-state index contributed by atoms with van der Waals surface area (Å²) < 4.78 is 0. The number of carbonyl (C=O) groups is 2. The molecule has 2 rings (SSSR count).